The zero-order chi connectivity index (χ0) is 23.2. The first-order valence-electron chi connectivity index (χ1n) is 10.3. The van der Waals surface area contributed by atoms with E-state index in [1.165, 1.54) is 12.1 Å². The zero-order valence-electron chi connectivity index (χ0n) is 17.2. The number of hydrogen-bond donors (Lipinski definition) is 2. The molecule has 9 heteroatoms. The first-order valence-corrected chi connectivity index (χ1v) is 10.3. The van der Waals surface area contributed by atoms with Gasteiger partial charge >= 0.3 is 6.18 Å². The summed E-state index contributed by atoms with van der Waals surface area (Å²) in [6, 6.07) is 12.9. The molecule has 0 bridgehead atoms. The van der Waals surface area contributed by atoms with Crippen LogP contribution in [-0.4, -0.2) is 23.4 Å². The normalized spacial score (nSPS) is 19.2. The average Bonchev–Trinajstić information content (AvgIpc) is 3.19. The number of nitrogens with zero attached hydrogens (tertiary/aromatic N) is 1. The minimum Gasteiger partial charge on any atom is -0.491 e. The fraction of sp³-hybridized carbons (Fsp3) is 0.208. The van der Waals surface area contributed by atoms with Gasteiger partial charge in [0, 0.05) is 30.3 Å². The van der Waals surface area contributed by atoms with Crippen LogP contribution in [0.5, 0.6) is 5.75 Å². The first kappa shape index (κ1) is 21.0. The number of carbonyl (C=O) groups is 2. The van der Waals surface area contributed by atoms with E-state index in [2.05, 4.69) is 15.6 Å². The maximum atomic E-state index is 13.3. The highest BCUT2D eigenvalue weighted by Crippen LogP contribution is 2.41. The van der Waals surface area contributed by atoms with Crippen LogP contribution in [0.1, 0.15) is 49.5 Å². The summed E-state index contributed by atoms with van der Waals surface area (Å²) in [5.41, 5.74) is 0.469. The zero-order valence-corrected chi connectivity index (χ0v) is 17.2. The van der Waals surface area contributed by atoms with Crippen molar-refractivity contribution in [3.63, 3.8) is 0 Å². The lowest BCUT2D eigenvalue weighted by atomic mass is 9.80. The summed E-state index contributed by atoms with van der Waals surface area (Å²) in [5, 5.41) is 5.72. The van der Waals surface area contributed by atoms with Gasteiger partial charge in [-0.05, 0) is 53.6 Å². The number of halogens is 3. The van der Waals surface area contributed by atoms with Gasteiger partial charge in [0.25, 0.3) is 11.8 Å². The Hall–Kier alpha value is -3.88. The van der Waals surface area contributed by atoms with Gasteiger partial charge in [0.15, 0.2) is 0 Å². The molecule has 1 unspecified atom stereocenters. The molecule has 33 heavy (non-hydrogen) atoms. The number of aromatic nitrogens is 1. The summed E-state index contributed by atoms with van der Waals surface area (Å²) in [6.45, 7) is 0.570. The minimum atomic E-state index is -4.48. The van der Waals surface area contributed by atoms with Crippen LogP contribution < -0.4 is 15.4 Å². The molecule has 0 saturated carbocycles. The smallest absolute Gasteiger partial charge is 0.416 e. The van der Waals surface area contributed by atoms with E-state index in [0.717, 1.165) is 12.1 Å². The quantitative estimate of drug-likeness (QED) is 0.632. The van der Waals surface area contributed by atoms with Crippen molar-refractivity contribution in [3.8, 4) is 5.75 Å². The second-order valence-electron chi connectivity index (χ2n) is 7.94. The Bertz CT molecular complexity index is 1260. The largest absolute Gasteiger partial charge is 0.491 e. The maximum absolute atomic E-state index is 13.3. The molecule has 2 aromatic carbocycles. The predicted molar refractivity (Wildman–Crippen MR) is 112 cm³/mol. The van der Waals surface area contributed by atoms with Gasteiger partial charge in [-0.2, -0.15) is 13.2 Å². The number of pyridine rings is 1. The molecule has 3 heterocycles. The number of benzene rings is 2. The van der Waals surface area contributed by atoms with Crippen molar-refractivity contribution >= 4 is 11.8 Å². The molecule has 0 aliphatic carbocycles. The van der Waals surface area contributed by atoms with Crippen LogP contribution >= 0.6 is 0 Å². The number of alkyl halides is 3. The van der Waals surface area contributed by atoms with E-state index in [0.29, 0.717) is 40.2 Å². The summed E-state index contributed by atoms with van der Waals surface area (Å²) in [5.74, 6) is -0.177. The standard InChI is InChI=1S/C24H18F3N3O3/c25-24(26,27)17-6-4-16(5-7-17)23(9-11-33-19-2-1-10-28-20(19)23)30-21(31)14-3-8-18-15(12-14)13-29-22(18)32/h1-8,10,12H,9,11,13H2,(H,29,32)(H,30,31). The van der Waals surface area contributed by atoms with Gasteiger partial charge in [0.2, 0.25) is 0 Å². The van der Waals surface area contributed by atoms with Crippen LogP contribution in [-0.2, 0) is 18.3 Å². The second-order valence-corrected chi connectivity index (χ2v) is 7.94. The lowest BCUT2D eigenvalue weighted by Gasteiger charge is -2.39. The molecule has 1 atom stereocenters. The van der Waals surface area contributed by atoms with Gasteiger partial charge in [-0.3, -0.25) is 14.6 Å². The molecule has 2 aliphatic heterocycles. The summed E-state index contributed by atoms with van der Waals surface area (Å²) in [6.07, 6.45) is -2.65. The highest BCUT2D eigenvalue weighted by molar-refractivity contribution is 6.01. The van der Waals surface area contributed by atoms with Crippen LogP contribution in [0.25, 0.3) is 0 Å². The van der Waals surface area contributed by atoms with Crippen molar-refractivity contribution < 1.29 is 27.5 Å². The second kappa shape index (κ2) is 7.61. The number of carbonyl (C=O) groups excluding carboxylic acids is 2. The highest BCUT2D eigenvalue weighted by atomic mass is 19.4. The molecule has 1 aromatic heterocycles. The maximum Gasteiger partial charge on any atom is 0.416 e. The number of ether oxygens (including phenoxy) is 1. The van der Waals surface area contributed by atoms with Gasteiger partial charge in [-0.15, -0.1) is 0 Å². The van der Waals surface area contributed by atoms with Crippen LogP contribution in [0.2, 0.25) is 0 Å². The summed E-state index contributed by atoms with van der Waals surface area (Å²) in [7, 11) is 0. The number of amides is 2. The molecule has 3 aromatic rings. The van der Waals surface area contributed by atoms with Crippen molar-refractivity contribution in [1.82, 2.24) is 15.6 Å². The Morgan fingerprint density at radius 3 is 2.67 bits per heavy atom. The molecule has 168 valence electrons. The van der Waals surface area contributed by atoms with Crippen molar-refractivity contribution in [1.29, 1.82) is 0 Å². The monoisotopic (exact) mass is 453 g/mol. The number of rotatable bonds is 3. The first-order chi connectivity index (χ1) is 15.8. The van der Waals surface area contributed by atoms with Gasteiger partial charge in [0.1, 0.15) is 17.0 Å². The van der Waals surface area contributed by atoms with E-state index in [4.69, 9.17) is 4.74 Å². The third-order valence-electron chi connectivity index (χ3n) is 5.99. The van der Waals surface area contributed by atoms with Crippen molar-refractivity contribution in [2.24, 2.45) is 0 Å². The highest BCUT2D eigenvalue weighted by Gasteiger charge is 2.43. The summed E-state index contributed by atoms with van der Waals surface area (Å²) in [4.78, 5) is 29.6. The van der Waals surface area contributed by atoms with Crippen molar-refractivity contribution in [2.45, 2.75) is 24.7 Å². The Labute approximate surface area is 186 Å². The molecule has 5 rings (SSSR count). The summed E-state index contributed by atoms with van der Waals surface area (Å²) >= 11 is 0. The number of fused-ring (bicyclic) bond motifs is 2. The topological polar surface area (TPSA) is 80.3 Å². The molecule has 6 nitrogen and oxygen atoms in total. The Morgan fingerprint density at radius 1 is 1.12 bits per heavy atom. The van der Waals surface area contributed by atoms with E-state index in [9.17, 15) is 22.8 Å². The van der Waals surface area contributed by atoms with Crippen LogP contribution in [0.4, 0.5) is 13.2 Å². The van der Waals surface area contributed by atoms with Crippen LogP contribution in [0, 0.1) is 0 Å². The van der Waals surface area contributed by atoms with E-state index in [1.54, 1.807) is 36.5 Å². The predicted octanol–water partition coefficient (Wildman–Crippen LogP) is 3.80. The molecule has 2 aliphatic rings. The van der Waals surface area contributed by atoms with E-state index >= 15 is 0 Å². The Morgan fingerprint density at radius 2 is 1.91 bits per heavy atom. The van der Waals surface area contributed by atoms with Gasteiger partial charge in [0.05, 0.1) is 12.2 Å². The lowest BCUT2D eigenvalue weighted by molar-refractivity contribution is -0.137. The molecule has 2 N–H and O–H groups in total. The molecule has 0 radical (unpaired) electrons. The third-order valence-corrected chi connectivity index (χ3v) is 5.99. The molecule has 0 fully saturated rings. The molecule has 0 spiro atoms. The van der Waals surface area contributed by atoms with Crippen LogP contribution in [0.15, 0.2) is 60.8 Å². The SMILES string of the molecule is O=C(NC1(c2ccc(C(F)(F)F)cc2)CCOc2cccnc21)c1ccc2c(c1)CNC2=O. The third kappa shape index (κ3) is 3.59. The minimum absolute atomic E-state index is 0.194. The summed E-state index contributed by atoms with van der Waals surface area (Å²) < 4.78 is 45.1. The van der Waals surface area contributed by atoms with Gasteiger partial charge in [-0.25, -0.2) is 0 Å². The molecular weight excluding hydrogens is 435 g/mol. The van der Waals surface area contributed by atoms with Gasteiger partial charge in [-0.1, -0.05) is 12.1 Å². The lowest BCUT2D eigenvalue weighted by Crippen LogP contribution is -2.50. The number of hydrogen-bond acceptors (Lipinski definition) is 4. The Kier molecular flexibility index (Phi) is 4.84. The number of nitrogens with one attached hydrogen (secondary N) is 2. The van der Waals surface area contributed by atoms with Gasteiger partial charge < -0.3 is 15.4 Å². The van der Waals surface area contributed by atoms with E-state index in [1.807, 2.05) is 0 Å². The fourth-order valence-electron chi connectivity index (χ4n) is 4.32. The molecule has 2 amide bonds. The van der Waals surface area contributed by atoms with Crippen LogP contribution in [0.3, 0.4) is 0 Å². The molecule has 0 saturated heterocycles. The van der Waals surface area contributed by atoms with Crippen molar-refractivity contribution in [2.75, 3.05) is 6.61 Å². The fourth-order valence-corrected chi connectivity index (χ4v) is 4.32. The molecular formula is C24H18F3N3O3. The Balaban J connectivity index is 1.57. The van der Waals surface area contributed by atoms with E-state index in [-0.39, 0.29) is 18.9 Å². The van der Waals surface area contributed by atoms with Crippen molar-refractivity contribution in [3.05, 3.63) is 94.3 Å². The van der Waals surface area contributed by atoms with E-state index < -0.39 is 23.2 Å². The average molecular weight is 453 g/mol.